The molecule has 0 radical (unpaired) electrons. The van der Waals surface area contributed by atoms with Gasteiger partial charge in [-0.3, -0.25) is 14.5 Å². The first kappa shape index (κ1) is 45.2. The maximum atomic E-state index is 13.6. The van der Waals surface area contributed by atoms with Gasteiger partial charge in [-0.05, 0) is 36.8 Å². The Kier molecular flexibility index (Phi) is 18.7. The fraction of sp³-hybridized carbons (Fsp3) is 0.585. The molecule has 0 bridgehead atoms. The Bertz CT molecular complexity index is 1790. The van der Waals surface area contributed by atoms with Crippen molar-refractivity contribution >= 4 is 51.0 Å². The number of fused-ring (bicyclic) bond motifs is 1. The summed E-state index contributed by atoms with van der Waals surface area (Å²) in [5.74, 6) is 0.168. The summed E-state index contributed by atoms with van der Waals surface area (Å²) >= 11 is 1.62. The number of rotatable bonds is 27. The van der Waals surface area contributed by atoms with E-state index in [9.17, 15) is 18.8 Å². The minimum atomic E-state index is -0.789. The minimum absolute atomic E-state index is 0.171. The average molecular weight is 859 g/mol. The summed E-state index contributed by atoms with van der Waals surface area (Å²) in [6, 6.07) is 10.2. The molecule has 19 heteroatoms. The first-order valence-electron chi connectivity index (χ1n) is 20.4. The van der Waals surface area contributed by atoms with Gasteiger partial charge in [-0.15, -0.1) is 11.3 Å². The molecule has 3 aliphatic rings. The van der Waals surface area contributed by atoms with E-state index in [1.807, 2.05) is 29.3 Å². The number of ether oxygens (including phenoxy) is 8. The second-order valence-electron chi connectivity index (χ2n) is 13.9. The molecular formula is C41H55FN6O11S. The molecule has 2 saturated heterocycles. The Morgan fingerprint density at radius 3 is 1.78 bits per heavy atom. The summed E-state index contributed by atoms with van der Waals surface area (Å²) in [6.07, 6.45) is 3.74. The Morgan fingerprint density at radius 2 is 1.25 bits per heavy atom. The summed E-state index contributed by atoms with van der Waals surface area (Å²) in [4.78, 5) is 52.0. The number of nitrogens with zero attached hydrogens (tertiary/aromatic N) is 6. The van der Waals surface area contributed by atoms with E-state index in [-0.39, 0.29) is 44.3 Å². The Hall–Kier alpha value is -4.34. The first-order valence-corrected chi connectivity index (χ1v) is 21.3. The number of pyridine rings is 1. The quantitative estimate of drug-likeness (QED) is 0.0811. The van der Waals surface area contributed by atoms with Gasteiger partial charge < -0.3 is 52.6 Å². The molecule has 0 saturated carbocycles. The van der Waals surface area contributed by atoms with E-state index in [2.05, 4.69) is 22.0 Å². The highest BCUT2D eigenvalue weighted by atomic mass is 32.1. The summed E-state index contributed by atoms with van der Waals surface area (Å²) in [5, 5.41) is 0.893. The second-order valence-corrected chi connectivity index (χ2v) is 15.0. The monoisotopic (exact) mass is 858 g/mol. The zero-order chi connectivity index (χ0) is 41.8. The molecule has 2 fully saturated rings. The normalized spacial score (nSPS) is 16.9. The molecule has 0 unspecified atom stereocenters. The zero-order valence-electron chi connectivity index (χ0n) is 33.9. The van der Waals surface area contributed by atoms with Crippen molar-refractivity contribution in [3.05, 3.63) is 48.7 Å². The van der Waals surface area contributed by atoms with Gasteiger partial charge in [0.15, 0.2) is 0 Å². The van der Waals surface area contributed by atoms with Crippen molar-refractivity contribution in [2.75, 3.05) is 155 Å². The van der Waals surface area contributed by atoms with E-state index in [0.717, 1.165) is 37.2 Å². The SMILES string of the molecule is O=C(OCCOCCOCCOCCOCCOCCOCCOCCN1C(=O)C=CC1=O)N1CCN(c2ccc3nc(-c4ccc(N5CC[C@@H](F)C5)nc4)sc3c2)CC1. The number of aromatic nitrogens is 2. The van der Waals surface area contributed by atoms with Crippen LogP contribution in [0.5, 0.6) is 0 Å². The molecule has 1 atom stereocenters. The van der Waals surface area contributed by atoms with Crippen LogP contribution in [0.1, 0.15) is 6.42 Å². The molecule has 0 N–H and O–H groups in total. The highest BCUT2D eigenvalue weighted by Crippen LogP contribution is 2.33. The average Bonchev–Trinajstić information content (AvgIpc) is 3.99. The number of hydrogen-bond acceptors (Lipinski definition) is 16. The van der Waals surface area contributed by atoms with E-state index in [1.54, 1.807) is 16.2 Å². The van der Waals surface area contributed by atoms with Gasteiger partial charge in [0.1, 0.15) is 23.6 Å². The third-order valence-electron chi connectivity index (χ3n) is 9.77. The molecule has 0 aliphatic carbocycles. The van der Waals surface area contributed by atoms with Crippen molar-refractivity contribution in [1.82, 2.24) is 19.8 Å². The lowest BCUT2D eigenvalue weighted by molar-refractivity contribution is -0.137. The molecular weight excluding hydrogens is 804 g/mol. The van der Waals surface area contributed by atoms with Crippen LogP contribution in [0, 0.1) is 0 Å². The van der Waals surface area contributed by atoms with Crippen LogP contribution < -0.4 is 9.80 Å². The number of halogens is 1. The van der Waals surface area contributed by atoms with Gasteiger partial charge in [0, 0.05) is 62.3 Å². The predicted molar refractivity (Wildman–Crippen MR) is 221 cm³/mol. The molecule has 2 aromatic heterocycles. The number of amides is 3. The van der Waals surface area contributed by atoms with Crippen molar-refractivity contribution in [3.8, 4) is 10.6 Å². The van der Waals surface area contributed by atoms with Gasteiger partial charge in [-0.25, -0.2) is 19.2 Å². The smallest absolute Gasteiger partial charge is 0.409 e. The maximum Gasteiger partial charge on any atom is 0.409 e. The van der Waals surface area contributed by atoms with Crippen LogP contribution in [0.15, 0.2) is 48.7 Å². The fourth-order valence-corrected chi connectivity index (χ4v) is 7.50. The van der Waals surface area contributed by atoms with Crippen molar-refractivity contribution in [3.63, 3.8) is 0 Å². The fourth-order valence-electron chi connectivity index (χ4n) is 6.51. The lowest BCUT2D eigenvalue weighted by Crippen LogP contribution is -2.49. The molecule has 328 valence electrons. The number of piperazine rings is 1. The van der Waals surface area contributed by atoms with Gasteiger partial charge in [0.25, 0.3) is 11.8 Å². The van der Waals surface area contributed by atoms with Crippen LogP contribution in [0.25, 0.3) is 20.8 Å². The number of hydrogen-bond donors (Lipinski definition) is 0. The van der Waals surface area contributed by atoms with E-state index in [0.29, 0.717) is 125 Å². The number of thiazole rings is 1. The molecule has 3 aliphatic heterocycles. The standard InChI is InChI=1S/C41H55FN6O11S/c42-33-7-8-47(31-33)37-4-1-32(30-43-37)40-44-35-3-2-34(29-36(35)60-40)45-9-11-46(12-10-45)41(51)59-28-27-58-26-25-57-24-23-56-22-21-55-20-19-54-18-17-53-16-15-52-14-13-48-38(49)5-6-39(48)50/h1-6,29-30,33H,7-28,31H2/t33-/m1/s1. The number of alkyl halides is 1. The first-order chi connectivity index (χ1) is 29.4. The van der Waals surface area contributed by atoms with Gasteiger partial charge in [0.05, 0.1) is 116 Å². The molecule has 60 heavy (non-hydrogen) atoms. The Balaban J connectivity index is 0.694. The molecule has 6 rings (SSSR count). The minimum Gasteiger partial charge on any atom is -0.447 e. The van der Waals surface area contributed by atoms with Gasteiger partial charge in [-0.2, -0.15) is 0 Å². The van der Waals surface area contributed by atoms with Crippen LogP contribution >= 0.6 is 11.3 Å². The maximum absolute atomic E-state index is 13.6. The Labute approximate surface area is 353 Å². The Morgan fingerprint density at radius 1 is 0.683 bits per heavy atom. The zero-order valence-corrected chi connectivity index (χ0v) is 34.7. The van der Waals surface area contributed by atoms with Gasteiger partial charge in [0.2, 0.25) is 0 Å². The second kappa shape index (κ2) is 24.8. The van der Waals surface area contributed by atoms with Crippen molar-refractivity contribution < 1.29 is 56.7 Å². The summed E-state index contributed by atoms with van der Waals surface area (Å²) < 4.78 is 58.4. The van der Waals surface area contributed by atoms with Crippen LogP contribution in [0.4, 0.5) is 20.7 Å². The van der Waals surface area contributed by atoms with Crippen LogP contribution in [0.2, 0.25) is 0 Å². The molecule has 1 aromatic carbocycles. The van der Waals surface area contributed by atoms with Crippen LogP contribution in [-0.2, 0) is 47.5 Å². The van der Waals surface area contributed by atoms with E-state index >= 15 is 0 Å². The number of benzene rings is 1. The number of carbonyl (C=O) groups excluding carboxylic acids is 3. The molecule has 17 nitrogen and oxygen atoms in total. The van der Waals surface area contributed by atoms with E-state index in [4.69, 9.17) is 42.9 Å². The summed E-state index contributed by atoms with van der Waals surface area (Å²) in [5.41, 5.74) is 2.96. The van der Waals surface area contributed by atoms with Gasteiger partial charge in [-0.1, -0.05) is 0 Å². The van der Waals surface area contributed by atoms with E-state index in [1.165, 1.54) is 12.2 Å². The summed E-state index contributed by atoms with van der Waals surface area (Å²) in [7, 11) is 0. The van der Waals surface area contributed by atoms with Crippen molar-refractivity contribution in [2.24, 2.45) is 0 Å². The predicted octanol–water partition coefficient (Wildman–Crippen LogP) is 3.21. The lowest BCUT2D eigenvalue weighted by Gasteiger charge is -2.35. The molecule has 3 amide bonds. The molecule has 0 spiro atoms. The third-order valence-corrected chi connectivity index (χ3v) is 10.8. The number of carbonyl (C=O) groups is 3. The largest absolute Gasteiger partial charge is 0.447 e. The molecule has 5 heterocycles. The number of imide groups is 1. The molecule has 3 aromatic rings. The van der Waals surface area contributed by atoms with Gasteiger partial charge >= 0.3 is 6.09 Å². The van der Waals surface area contributed by atoms with Crippen molar-refractivity contribution in [1.29, 1.82) is 0 Å². The highest BCUT2D eigenvalue weighted by Gasteiger charge is 2.25. The summed E-state index contributed by atoms with van der Waals surface area (Å²) in [6.45, 7) is 9.63. The highest BCUT2D eigenvalue weighted by molar-refractivity contribution is 7.21. The topological polar surface area (TPSA) is 164 Å². The lowest BCUT2D eigenvalue weighted by atomic mass is 10.2. The van der Waals surface area contributed by atoms with Crippen LogP contribution in [-0.4, -0.2) is 189 Å². The number of anilines is 2. The third kappa shape index (κ3) is 14.4. The van der Waals surface area contributed by atoms with E-state index < -0.39 is 6.17 Å². The van der Waals surface area contributed by atoms with Crippen molar-refractivity contribution in [2.45, 2.75) is 12.6 Å². The van der Waals surface area contributed by atoms with Crippen LogP contribution in [0.3, 0.4) is 0 Å².